The number of benzene rings is 5. The third-order valence-corrected chi connectivity index (χ3v) is 9.94. The van der Waals surface area contributed by atoms with Gasteiger partial charge < -0.3 is 4.42 Å². The average Bonchev–Trinajstić information content (AvgIpc) is 3.51. The van der Waals surface area contributed by atoms with Gasteiger partial charge in [0.05, 0.1) is 5.56 Å². The fourth-order valence-electron chi connectivity index (χ4n) is 7.43. The molecular weight excluding hydrogens is 619 g/mol. The average molecular weight is 676 g/mol. The predicted molar refractivity (Wildman–Crippen MR) is 217 cm³/mol. The highest BCUT2D eigenvalue weighted by Crippen LogP contribution is 2.44. The van der Waals surface area contributed by atoms with Crippen molar-refractivity contribution < 1.29 is 15.8 Å². The van der Waals surface area contributed by atoms with Gasteiger partial charge in [-0.3, -0.25) is 0 Å². The summed E-state index contributed by atoms with van der Waals surface area (Å²) < 4.78 is 52.7. The summed E-state index contributed by atoms with van der Waals surface area (Å²) in [5.41, 5.74) is 12.8. The first-order valence-corrected chi connectivity index (χ1v) is 18.1. The quantitative estimate of drug-likeness (QED) is 0.154. The van der Waals surface area contributed by atoms with Crippen LogP contribution in [0.5, 0.6) is 0 Å². The van der Waals surface area contributed by atoms with Crippen LogP contribution in [0, 0.1) is 19.2 Å². The van der Waals surface area contributed by atoms with Gasteiger partial charge in [-0.2, -0.15) is 0 Å². The van der Waals surface area contributed by atoms with Crippen LogP contribution in [0.25, 0.3) is 66.6 Å². The summed E-state index contributed by atoms with van der Waals surface area (Å²) in [5.74, 6) is 0.163. The highest BCUT2D eigenvalue weighted by atomic mass is 16.3. The van der Waals surface area contributed by atoms with Crippen molar-refractivity contribution in [2.75, 3.05) is 0 Å². The lowest BCUT2D eigenvalue weighted by Gasteiger charge is -2.23. The zero-order chi connectivity index (χ0) is 40.5. The highest BCUT2D eigenvalue weighted by Gasteiger charge is 2.26. The lowest BCUT2D eigenvalue weighted by molar-refractivity contribution is -0.660. The molecule has 0 bridgehead atoms. The van der Waals surface area contributed by atoms with E-state index in [1.165, 1.54) is 0 Å². The molecule has 0 amide bonds. The molecule has 2 nitrogen and oxygen atoms in total. The molecule has 258 valence electrons. The minimum atomic E-state index is -2.37. The van der Waals surface area contributed by atoms with Gasteiger partial charge in [0.25, 0.3) is 0 Å². The molecule has 7 rings (SSSR count). The van der Waals surface area contributed by atoms with E-state index in [1.54, 1.807) is 6.20 Å². The smallest absolute Gasteiger partial charge is 0.216 e. The Morgan fingerprint density at radius 1 is 0.686 bits per heavy atom. The van der Waals surface area contributed by atoms with Gasteiger partial charge in [0.15, 0.2) is 6.20 Å². The molecule has 51 heavy (non-hydrogen) atoms. The van der Waals surface area contributed by atoms with Crippen molar-refractivity contribution in [3.8, 4) is 44.6 Å². The van der Waals surface area contributed by atoms with E-state index >= 15 is 0 Å². The normalized spacial score (nSPS) is 14.1. The molecule has 5 aromatic carbocycles. The first kappa shape index (κ1) is 28.7. The predicted octanol–water partition coefficient (Wildman–Crippen LogP) is 13.5. The van der Waals surface area contributed by atoms with Crippen molar-refractivity contribution in [1.29, 1.82) is 0 Å². The number of furan rings is 1. The summed E-state index contributed by atoms with van der Waals surface area (Å²) in [4.78, 5) is 0. The lowest BCUT2D eigenvalue weighted by atomic mass is 9.81. The third-order valence-electron chi connectivity index (χ3n) is 9.94. The van der Waals surface area contributed by atoms with Gasteiger partial charge in [0.2, 0.25) is 5.69 Å². The molecule has 0 saturated carbocycles. The van der Waals surface area contributed by atoms with Crippen LogP contribution in [0.4, 0.5) is 0 Å². The zero-order valence-electron chi connectivity index (χ0n) is 36.4. The van der Waals surface area contributed by atoms with Crippen molar-refractivity contribution in [1.82, 2.24) is 0 Å². The van der Waals surface area contributed by atoms with Crippen molar-refractivity contribution in [2.24, 2.45) is 12.5 Å². The topological polar surface area (TPSA) is 17.0 Å². The molecule has 7 aromatic rings. The molecule has 0 fully saturated rings. The van der Waals surface area contributed by atoms with Gasteiger partial charge >= 0.3 is 0 Å². The molecule has 2 aromatic heterocycles. The second-order valence-electron chi connectivity index (χ2n) is 15.7. The van der Waals surface area contributed by atoms with Gasteiger partial charge in [-0.1, -0.05) is 133 Å². The van der Waals surface area contributed by atoms with Crippen LogP contribution in [0.15, 0.2) is 114 Å². The largest absolute Gasteiger partial charge is 0.455 e. The van der Waals surface area contributed by atoms with E-state index in [-0.39, 0.29) is 11.8 Å². The molecule has 0 aliphatic carbocycles. The van der Waals surface area contributed by atoms with Crippen LogP contribution < -0.4 is 4.57 Å². The Labute approximate surface area is 311 Å². The first-order chi connectivity index (χ1) is 26.3. The van der Waals surface area contributed by atoms with Gasteiger partial charge in [-0.25, -0.2) is 4.57 Å². The zero-order valence-corrected chi connectivity index (χ0v) is 31.4. The number of fused-ring (bicyclic) bond motifs is 3. The van der Waals surface area contributed by atoms with E-state index in [0.717, 1.165) is 77.7 Å². The van der Waals surface area contributed by atoms with Crippen LogP contribution in [-0.2, 0) is 13.4 Å². The highest BCUT2D eigenvalue weighted by molar-refractivity contribution is 6.10. The van der Waals surface area contributed by atoms with Crippen LogP contribution in [-0.4, -0.2) is 0 Å². The Morgan fingerprint density at radius 3 is 1.94 bits per heavy atom. The summed E-state index contributed by atoms with van der Waals surface area (Å²) in [6.45, 7) is 14.1. The minimum absolute atomic E-state index is 0.0814. The van der Waals surface area contributed by atoms with E-state index in [0.29, 0.717) is 16.7 Å². The number of hydrogen-bond acceptors (Lipinski definition) is 1. The monoisotopic (exact) mass is 675 g/mol. The van der Waals surface area contributed by atoms with Crippen LogP contribution in [0.1, 0.15) is 95.0 Å². The fraction of sp³-hybridized carbons (Fsp3) is 0.286. The summed E-state index contributed by atoms with van der Waals surface area (Å²) in [7, 11) is 1.92. The maximum absolute atomic E-state index is 8.80. The van der Waals surface area contributed by atoms with Crippen molar-refractivity contribution in [3.63, 3.8) is 0 Å². The molecule has 2 heterocycles. The number of pyridine rings is 1. The number of nitrogens with zero attached hydrogens (tertiary/aromatic N) is 1. The van der Waals surface area contributed by atoms with E-state index < -0.39 is 18.6 Å². The van der Waals surface area contributed by atoms with E-state index in [1.807, 2.05) is 74.9 Å². The maximum atomic E-state index is 8.80. The maximum Gasteiger partial charge on any atom is 0.216 e. The van der Waals surface area contributed by atoms with Crippen molar-refractivity contribution in [2.45, 2.75) is 80.5 Å². The van der Waals surface area contributed by atoms with Gasteiger partial charge in [0.1, 0.15) is 18.2 Å². The summed E-state index contributed by atoms with van der Waals surface area (Å²) >= 11 is 0. The minimum Gasteiger partial charge on any atom is -0.455 e. The summed E-state index contributed by atoms with van der Waals surface area (Å²) in [6.07, 6.45) is 0.292. The number of rotatable bonds is 7. The van der Waals surface area contributed by atoms with E-state index in [9.17, 15) is 0 Å². The Morgan fingerprint density at radius 2 is 1.31 bits per heavy atom. The summed E-state index contributed by atoms with van der Waals surface area (Å²) in [6, 6.07) is 35.2. The Hall–Kier alpha value is -4.95. The first-order valence-electron chi connectivity index (χ1n) is 20.6. The summed E-state index contributed by atoms with van der Waals surface area (Å²) in [5, 5.41) is 2.05. The molecule has 0 aliphatic heterocycles. The number of aryl methyl sites for hydroxylation is 3. The Kier molecular flexibility index (Phi) is 7.49. The van der Waals surface area contributed by atoms with E-state index in [2.05, 4.69) is 95.3 Å². The molecule has 0 aliphatic rings. The van der Waals surface area contributed by atoms with Gasteiger partial charge in [-0.05, 0) is 105 Å². The molecular formula is C49H52NO+. The van der Waals surface area contributed by atoms with Crippen LogP contribution in [0.2, 0.25) is 0 Å². The molecule has 2 heteroatoms. The molecule has 0 saturated heterocycles. The number of aromatic nitrogens is 1. The molecule has 0 atom stereocenters. The third kappa shape index (κ3) is 6.65. The number of hydrogen-bond donors (Lipinski definition) is 0. The lowest BCUT2D eigenvalue weighted by Crippen LogP contribution is -2.31. The Balaban J connectivity index is 1.46. The molecule has 0 N–H and O–H groups in total. The van der Waals surface area contributed by atoms with Gasteiger partial charge in [0, 0.05) is 29.3 Å². The molecule has 0 unspecified atom stereocenters. The van der Waals surface area contributed by atoms with E-state index in [4.69, 9.17) is 11.3 Å². The molecule has 0 spiro atoms. The SMILES string of the molecule is [2H]C([2H])([2H])c1c[n+](C)c(-c2c(C)ccc3c2oc2cc(-c4ccccc4)ccc23)cc1-c1c(C(C)C)cc(-c2ccc(C([2H])([2H])C(C)(C)C)cc2)cc1C(C)C. The van der Waals surface area contributed by atoms with Crippen molar-refractivity contribution >= 4 is 21.9 Å². The van der Waals surface area contributed by atoms with Gasteiger partial charge in [-0.15, -0.1) is 0 Å². The van der Waals surface area contributed by atoms with Crippen LogP contribution >= 0.6 is 0 Å². The fourth-order valence-corrected chi connectivity index (χ4v) is 7.43. The Bertz CT molecular complexity index is 2560. The second kappa shape index (κ2) is 13.3. The second-order valence-corrected chi connectivity index (χ2v) is 15.7. The standard InChI is InChI=1S/C49H52NO/c1-30(2)41-24-38(36-19-17-34(18-20-36)28-49(7,8)9)25-42(31(3)4)47(41)43-27-44(50(10)29-33(43)6)46-32(5)16-22-40-39-23-21-37(26-45(39)51-48(40)46)35-14-12-11-13-15-35/h11-27,29-31H,28H2,1-10H3/q+1/i6D3,28D2. The molecule has 0 radical (unpaired) electrons. The van der Waals surface area contributed by atoms with Crippen molar-refractivity contribution in [3.05, 3.63) is 137 Å². The van der Waals surface area contributed by atoms with Crippen LogP contribution in [0.3, 0.4) is 0 Å².